The summed E-state index contributed by atoms with van der Waals surface area (Å²) >= 11 is 0. The topological polar surface area (TPSA) is 34.1 Å². The Hall–Kier alpha value is -2.22. The maximum Gasteiger partial charge on any atom is 0.194 e. The molecule has 0 saturated carbocycles. The standard InChI is InChI=1S/C15H10O2/c1-9-6-7-12-13(8-9)15(17)11-5-3-2-4-10(11)14(12)16/h2-8H,1H3. The molecule has 0 radical (unpaired) electrons. The molecule has 0 fully saturated rings. The highest BCUT2D eigenvalue weighted by Crippen LogP contribution is 2.27. The highest BCUT2D eigenvalue weighted by molar-refractivity contribution is 6.28. The number of hydrogen-bond donors (Lipinski definition) is 0. The maximum absolute atomic E-state index is 12.3. The zero-order valence-corrected chi connectivity index (χ0v) is 9.36. The quantitative estimate of drug-likeness (QED) is 0.586. The molecule has 0 saturated heterocycles. The zero-order valence-electron chi connectivity index (χ0n) is 9.36. The number of aryl methyl sites for hydroxylation is 1. The molecule has 0 bridgehead atoms. The fraction of sp³-hybridized carbons (Fsp3) is 0.0667. The first-order valence-electron chi connectivity index (χ1n) is 5.47. The van der Waals surface area contributed by atoms with Gasteiger partial charge in [0.05, 0.1) is 0 Å². The monoisotopic (exact) mass is 222 g/mol. The number of fused-ring (bicyclic) bond motifs is 2. The van der Waals surface area contributed by atoms with Crippen LogP contribution in [-0.2, 0) is 0 Å². The molecule has 0 N–H and O–H groups in total. The number of benzene rings is 2. The minimum Gasteiger partial charge on any atom is -0.289 e. The molecule has 1 aliphatic rings. The van der Waals surface area contributed by atoms with Crippen molar-refractivity contribution < 1.29 is 9.59 Å². The van der Waals surface area contributed by atoms with E-state index in [0.717, 1.165) is 5.56 Å². The summed E-state index contributed by atoms with van der Waals surface area (Å²) in [5.41, 5.74) is 3.04. The maximum atomic E-state index is 12.3. The molecule has 2 aromatic carbocycles. The van der Waals surface area contributed by atoms with Crippen LogP contribution in [0.3, 0.4) is 0 Å². The largest absolute Gasteiger partial charge is 0.289 e. The van der Waals surface area contributed by atoms with Gasteiger partial charge >= 0.3 is 0 Å². The molecule has 0 spiro atoms. The molecule has 2 nitrogen and oxygen atoms in total. The van der Waals surface area contributed by atoms with Crippen molar-refractivity contribution in [2.24, 2.45) is 0 Å². The van der Waals surface area contributed by atoms with Crippen LogP contribution >= 0.6 is 0 Å². The van der Waals surface area contributed by atoms with Crippen LogP contribution in [0.4, 0.5) is 0 Å². The molecule has 0 heterocycles. The summed E-state index contributed by atoms with van der Waals surface area (Å²) in [5, 5.41) is 0. The van der Waals surface area contributed by atoms with Crippen molar-refractivity contribution in [1.82, 2.24) is 0 Å². The normalized spacial score (nSPS) is 13.2. The van der Waals surface area contributed by atoms with Crippen molar-refractivity contribution >= 4 is 11.6 Å². The lowest BCUT2D eigenvalue weighted by Gasteiger charge is -2.17. The summed E-state index contributed by atoms with van der Waals surface area (Å²) in [6.07, 6.45) is 0. The van der Waals surface area contributed by atoms with Gasteiger partial charge < -0.3 is 0 Å². The lowest BCUT2D eigenvalue weighted by molar-refractivity contribution is 0.0979. The third-order valence-corrected chi connectivity index (χ3v) is 3.08. The van der Waals surface area contributed by atoms with Crippen molar-refractivity contribution in [3.63, 3.8) is 0 Å². The summed E-state index contributed by atoms with van der Waals surface area (Å²) < 4.78 is 0. The highest BCUT2D eigenvalue weighted by Gasteiger charge is 2.28. The Bertz CT molecular complexity index is 654. The van der Waals surface area contributed by atoms with E-state index in [-0.39, 0.29) is 11.6 Å². The molecule has 17 heavy (non-hydrogen) atoms. The van der Waals surface area contributed by atoms with Gasteiger partial charge in [-0.1, -0.05) is 42.0 Å². The third kappa shape index (κ3) is 1.34. The second kappa shape index (κ2) is 3.39. The van der Waals surface area contributed by atoms with Crippen molar-refractivity contribution in [1.29, 1.82) is 0 Å². The second-order valence-electron chi connectivity index (χ2n) is 4.25. The van der Waals surface area contributed by atoms with E-state index in [0.29, 0.717) is 22.3 Å². The van der Waals surface area contributed by atoms with E-state index in [2.05, 4.69) is 0 Å². The zero-order chi connectivity index (χ0) is 12.0. The molecule has 0 unspecified atom stereocenters. The first-order chi connectivity index (χ1) is 8.18. The summed E-state index contributed by atoms with van der Waals surface area (Å²) in [6.45, 7) is 1.92. The van der Waals surface area contributed by atoms with Gasteiger partial charge in [0.1, 0.15) is 0 Å². The molecule has 0 aromatic heterocycles. The van der Waals surface area contributed by atoms with Gasteiger partial charge in [0.25, 0.3) is 0 Å². The van der Waals surface area contributed by atoms with Crippen molar-refractivity contribution in [3.8, 4) is 0 Å². The van der Waals surface area contributed by atoms with Crippen LogP contribution in [0.5, 0.6) is 0 Å². The van der Waals surface area contributed by atoms with Crippen LogP contribution in [0.1, 0.15) is 37.4 Å². The molecule has 3 rings (SSSR count). The molecule has 0 amide bonds. The van der Waals surface area contributed by atoms with E-state index in [1.54, 1.807) is 36.4 Å². The number of carbonyl (C=O) groups is 2. The number of carbonyl (C=O) groups excluding carboxylic acids is 2. The first kappa shape index (κ1) is 9.97. The van der Waals surface area contributed by atoms with Gasteiger partial charge in [0.15, 0.2) is 11.6 Å². The van der Waals surface area contributed by atoms with Crippen molar-refractivity contribution in [2.45, 2.75) is 6.92 Å². The second-order valence-corrected chi connectivity index (χ2v) is 4.25. The van der Waals surface area contributed by atoms with Gasteiger partial charge in [0, 0.05) is 22.3 Å². The minimum atomic E-state index is -0.0600. The Morgan fingerprint density at radius 1 is 0.706 bits per heavy atom. The van der Waals surface area contributed by atoms with Gasteiger partial charge in [-0.3, -0.25) is 9.59 Å². The molecule has 2 heteroatoms. The third-order valence-electron chi connectivity index (χ3n) is 3.08. The summed E-state index contributed by atoms with van der Waals surface area (Å²) in [7, 11) is 0. The Balaban J connectivity index is 2.33. The van der Waals surface area contributed by atoms with E-state index in [1.165, 1.54) is 0 Å². The predicted octanol–water partition coefficient (Wildman–Crippen LogP) is 2.77. The first-order valence-corrected chi connectivity index (χ1v) is 5.47. The van der Waals surface area contributed by atoms with Crippen molar-refractivity contribution in [3.05, 3.63) is 70.3 Å². The fourth-order valence-electron chi connectivity index (χ4n) is 2.21. The van der Waals surface area contributed by atoms with E-state index < -0.39 is 0 Å². The summed E-state index contributed by atoms with van der Waals surface area (Å²) in [4.78, 5) is 24.5. The SMILES string of the molecule is Cc1ccc2c(c1)C(=O)c1ccccc1C2=O. The van der Waals surface area contributed by atoms with E-state index in [1.807, 2.05) is 13.0 Å². The molecule has 82 valence electrons. The van der Waals surface area contributed by atoms with E-state index >= 15 is 0 Å². The molecule has 0 atom stereocenters. The lowest BCUT2D eigenvalue weighted by Crippen LogP contribution is -2.20. The molecule has 1 aliphatic carbocycles. The van der Waals surface area contributed by atoms with Crippen LogP contribution in [0.25, 0.3) is 0 Å². The van der Waals surface area contributed by atoms with Crippen molar-refractivity contribution in [2.75, 3.05) is 0 Å². The molecule has 0 aliphatic heterocycles. The van der Waals surface area contributed by atoms with E-state index in [9.17, 15) is 9.59 Å². The van der Waals surface area contributed by atoms with Crippen LogP contribution in [0.15, 0.2) is 42.5 Å². The Morgan fingerprint density at radius 2 is 1.24 bits per heavy atom. The lowest BCUT2D eigenvalue weighted by atomic mass is 9.83. The smallest absolute Gasteiger partial charge is 0.194 e. The van der Waals surface area contributed by atoms with E-state index in [4.69, 9.17) is 0 Å². The molecule has 2 aromatic rings. The van der Waals surface area contributed by atoms with Crippen LogP contribution in [-0.4, -0.2) is 11.6 Å². The Kier molecular flexibility index (Phi) is 1.99. The fourth-order valence-corrected chi connectivity index (χ4v) is 2.21. The highest BCUT2D eigenvalue weighted by atomic mass is 16.1. The number of ketones is 2. The van der Waals surface area contributed by atoms with Crippen LogP contribution < -0.4 is 0 Å². The Morgan fingerprint density at radius 3 is 1.88 bits per heavy atom. The molecular weight excluding hydrogens is 212 g/mol. The van der Waals surface area contributed by atoms with Crippen LogP contribution in [0.2, 0.25) is 0 Å². The van der Waals surface area contributed by atoms with Gasteiger partial charge in [-0.05, 0) is 13.0 Å². The average Bonchev–Trinajstić information content (AvgIpc) is 2.36. The van der Waals surface area contributed by atoms with Gasteiger partial charge in [0.2, 0.25) is 0 Å². The number of hydrogen-bond acceptors (Lipinski definition) is 2. The van der Waals surface area contributed by atoms with Gasteiger partial charge in [-0.25, -0.2) is 0 Å². The van der Waals surface area contributed by atoms with Gasteiger partial charge in [-0.15, -0.1) is 0 Å². The number of rotatable bonds is 0. The average molecular weight is 222 g/mol. The predicted molar refractivity (Wildman–Crippen MR) is 64.5 cm³/mol. The summed E-state index contributed by atoms with van der Waals surface area (Å²) in [5.74, 6) is -0.117. The summed E-state index contributed by atoms with van der Waals surface area (Å²) in [6, 6.07) is 12.4. The molecular formula is C15H10O2. The van der Waals surface area contributed by atoms with Gasteiger partial charge in [-0.2, -0.15) is 0 Å². The van der Waals surface area contributed by atoms with Crippen LogP contribution in [0, 0.1) is 6.92 Å². The minimum absolute atomic E-state index is 0.0566. The Labute approximate surface area is 98.9 Å².